The minimum absolute atomic E-state index is 0.184. The minimum atomic E-state index is -3.50. The number of aromatic nitrogens is 2. The second kappa shape index (κ2) is 8.39. The van der Waals surface area contributed by atoms with Gasteiger partial charge in [-0.15, -0.1) is 16.8 Å². The Morgan fingerprint density at radius 1 is 1.54 bits per heavy atom. The summed E-state index contributed by atoms with van der Waals surface area (Å²) in [6.45, 7) is 4.26. The van der Waals surface area contributed by atoms with Crippen LogP contribution in [0.25, 0.3) is 0 Å². The van der Waals surface area contributed by atoms with Crippen LogP contribution in [0.3, 0.4) is 0 Å². The van der Waals surface area contributed by atoms with Crippen LogP contribution in [0.2, 0.25) is 0 Å². The highest BCUT2D eigenvalue weighted by molar-refractivity contribution is 8.01. The second-order valence-electron chi connectivity index (χ2n) is 5.45. The molecule has 134 valence electrons. The number of piperidine rings is 1. The van der Waals surface area contributed by atoms with E-state index in [0.29, 0.717) is 24.5 Å². The van der Waals surface area contributed by atoms with E-state index in [2.05, 4.69) is 22.1 Å². The smallest absolute Gasteiger partial charge is 0.281 e. The maximum absolute atomic E-state index is 12.4. The predicted molar refractivity (Wildman–Crippen MR) is 96.4 cm³/mol. The number of anilines is 1. The number of rotatable bonds is 7. The molecule has 1 amide bonds. The number of hydrogen-bond donors (Lipinski definition) is 1. The molecule has 0 spiro atoms. The molecule has 0 aromatic carbocycles. The van der Waals surface area contributed by atoms with Crippen LogP contribution in [0, 0.1) is 5.92 Å². The van der Waals surface area contributed by atoms with Gasteiger partial charge in [0.1, 0.15) is 0 Å². The molecule has 2 rings (SSSR count). The van der Waals surface area contributed by atoms with Crippen molar-refractivity contribution in [2.24, 2.45) is 5.92 Å². The molecule has 0 saturated carbocycles. The molecule has 1 saturated heterocycles. The summed E-state index contributed by atoms with van der Waals surface area (Å²) in [4.78, 5) is 12.4. The summed E-state index contributed by atoms with van der Waals surface area (Å²) < 4.78 is 27.7. The van der Waals surface area contributed by atoms with E-state index < -0.39 is 10.2 Å². The second-order valence-corrected chi connectivity index (χ2v) is 9.84. The van der Waals surface area contributed by atoms with Gasteiger partial charge in [-0.2, -0.15) is 17.0 Å². The Morgan fingerprint density at radius 3 is 2.96 bits per heavy atom. The van der Waals surface area contributed by atoms with Crippen LogP contribution in [0.1, 0.15) is 12.8 Å². The third kappa shape index (κ3) is 4.76. The van der Waals surface area contributed by atoms with Gasteiger partial charge in [-0.05, 0) is 12.8 Å². The lowest BCUT2D eigenvalue weighted by molar-refractivity contribution is -0.120. The van der Waals surface area contributed by atoms with Crippen molar-refractivity contribution in [2.75, 3.05) is 38.3 Å². The standard InChI is InChI=1S/C13H21N5O3S3/c1-4-8-22-13-16-15-12(23-13)14-11(19)10-6-5-7-18(9-10)24(20,21)17(2)3/h4,10H,1,5-9H2,2-3H3,(H,14,15,19)/t10-/m0/s1. The van der Waals surface area contributed by atoms with Crippen LogP contribution < -0.4 is 5.32 Å². The highest BCUT2D eigenvalue weighted by Crippen LogP contribution is 2.27. The molecule has 1 atom stereocenters. The summed E-state index contributed by atoms with van der Waals surface area (Å²) in [5, 5.41) is 11.1. The molecule has 0 aliphatic carbocycles. The number of carbonyl (C=O) groups is 1. The lowest BCUT2D eigenvalue weighted by Gasteiger charge is -2.32. The van der Waals surface area contributed by atoms with E-state index in [4.69, 9.17) is 0 Å². The molecule has 0 bridgehead atoms. The highest BCUT2D eigenvalue weighted by Gasteiger charge is 2.33. The Bertz CT molecular complexity index is 689. The van der Waals surface area contributed by atoms with Gasteiger partial charge in [0.25, 0.3) is 10.2 Å². The van der Waals surface area contributed by atoms with Gasteiger partial charge in [0, 0.05) is 32.9 Å². The molecule has 24 heavy (non-hydrogen) atoms. The molecule has 8 nitrogen and oxygen atoms in total. The van der Waals surface area contributed by atoms with Gasteiger partial charge in [-0.1, -0.05) is 29.2 Å². The SMILES string of the molecule is C=CCSc1nnc(NC(=O)[C@H]2CCCN(S(=O)(=O)N(C)C)C2)s1. The highest BCUT2D eigenvalue weighted by atomic mass is 32.2. The number of thioether (sulfide) groups is 1. The van der Waals surface area contributed by atoms with Crippen LogP contribution in [-0.4, -0.2) is 66.1 Å². The number of carbonyl (C=O) groups excluding carboxylic acids is 1. The van der Waals surface area contributed by atoms with Crippen molar-refractivity contribution in [3.8, 4) is 0 Å². The lowest BCUT2D eigenvalue weighted by atomic mass is 9.99. The molecular formula is C13H21N5O3S3. The summed E-state index contributed by atoms with van der Waals surface area (Å²) >= 11 is 2.79. The van der Waals surface area contributed by atoms with Crippen LogP contribution in [0.15, 0.2) is 17.0 Å². The van der Waals surface area contributed by atoms with Gasteiger partial charge in [-0.3, -0.25) is 4.79 Å². The maximum Gasteiger partial charge on any atom is 0.281 e. The fourth-order valence-corrected chi connectivity index (χ4v) is 4.96. The van der Waals surface area contributed by atoms with Crippen molar-refractivity contribution in [1.29, 1.82) is 0 Å². The molecular weight excluding hydrogens is 370 g/mol. The van der Waals surface area contributed by atoms with Gasteiger partial charge in [0.2, 0.25) is 11.0 Å². The fourth-order valence-electron chi connectivity index (χ4n) is 2.25. The first-order valence-electron chi connectivity index (χ1n) is 7.40. The van der Waals surface area contributed by atoms with Crippen molar-refractivity contribution >= 4 is 44.3 Å². The monoisotopic (exact) mass is 391 g/mol. The van der Waals surface area contributed by atoms with E-state index >= 15 is 0 Å². The first kappa shape index (κ1) is 19.3. The molecule has 1 aliphatic heterocycles. The molecule has 1 aliphatic rings. The van der Waals surface area contributed by atoms with E-state index in [1.165, 1.54) is 45.8 Å². The first-order chi connectivity index (χ1) is 11.3. The largest absolute Gasteiger partial charge is 0.300 e. The van der Waals surface area contributed by atoms with Gasteiger partial charge in [-0.25, -0.2) is 0 Å². The third-order valence-electron chi connectivity index (χ3n) is 3.50. The molecule has 1 aromatic rings. The zero-order chi connectivity index (χ0) is 17.7. The van der Waals surface area contributed by atoms with E-state index in [9.17, 15) is 13.2 Å². The van der Waals surface area contributed by atoms with Crippen molar-refractivity contribution < 1.29 is 13.2 Å². The minimum Gasteiger partial charge on any atom is -0.300 e. The molecule has 0 unspecified atom stereocenters. The van der Waals surface area contributed by atoms with Crippen LogP contribution in [0.4, 0.5) is 5.13 Å². The Kier molecular flexibility index (Phi) is 6.75. The van der Waals surface area contributed by atoms with Crippen molar-refractivity contribution in [3.05, 3.63) is 12.7 Å². The molecule has 0 radical (unpaired) electrons. The predicted octanol–water partition coefficient (Wildman–Crippen LogP) is 1.27. The van der Waals surface area contributed by atoms with Crippen LogP contribution >= 0.6 is 23.1 Å². The molecule has 1 aromatic heterocycles. The van der Waals surface area contributed by atoms with Gasteiger partial charge >= 0.3 is 0 Å². The van der Waals surface area contributed by atoms with Crippen molar-refractivity contribution in [3.63, 3.8) is 0 Å². The summed E-state index contributed by atoms with van der Waals surface area (Å²) in [5.41, 5.74) is 0. The normalized spacial score (nSPS) is 19.4. The maximum atomic E-state index is 12.4. The van der Waals surface area contributed by atoms with E-state index in [1.54, 1.807) is 6.08 Å². The quantitative estimate of drug-likeness (QED) is 0.427. The number of nitrogens with zero attached hydrogens (tertiary/aromatic N) is 4. The van der Waals surface area contributed by atoms with Gasteiger partial charge in [0.05, 0.1) is 5.92 Å². The number of amides is 1. The van der Waals surface area contributed by atoms with Gasteiger partial charge in [0.15, 0.2) is 4.34 Å². The average molecular weight is 392 g/mol. The molecule has 1 fully saturated rings. The van der Waals surface area contributed by atoms with Crippen LogP contribution in [-0.2, 0) is 15.0 Å². The number of nitrogens with one attached hydrogen (secondary N) is 1. The Hall–Kier alpha value is -1.01. The topological polar surface area (TPSA) is 95.5 Å². The molecule has 11 heteroatoms. The van der Waals surface area contributed by atoms with Crippen molar-refractivity contribution in [1.82, 2.24) is 18.8 Å². The fraction of sp³-hybridized carbons (Fsp3) is 0.615. The van der Waals surface area contributed by atoms with E-state index in [0.717, 1.165) is 10.1 Å². The zero-order valence-corrected chi connectivity index (χ0v) is 16.1. The Morgan fingerprint density at radius 2 is 2.29 bits per heavy atom. The number of hydrogen-bond acceptors (Lipinski definition) is 7. The summed E-state index contributed by atoms with van der Waals surface area (Å²) in [6, 6.07) is 0. The van der Waals surface area contributed by atoms with Gasteiger partial charge < -0.3 is 5.32 Å². The van der Waals surface area contributed by atoms with E-state index in [-0.39, 0.29) is 18.4 Å². The molecule has 1 N–H and O–H groups in total. The average Bonchev–Trinajstić information content (AvgIpc) is 3.00. The Labute approximate surface area is 150 Å². The summed E-state index contributed by atoms with van der Waals surface area (Å²) in [6.07, 6.45) is 3.08. The molecule has 2 heterocycles. The first-order valence-corrected chi connectivity index (χ1v) is 10.6. The third-order valence-corrected chi connectivity index (χ3v) is 7.38. The summed E-state index contributed by atoms with van der Waals surface area (Å²) in [5.74, 6) is 0.120. The van der Waals surface area contributed by atoms with Crippen molar-refractivity contribution in [2.45, 2.75) is 17.2 Å². The summed E-state index contributed by atoms with van der Waals surface area (Å²) in [7, 11) is -0.519. The Balaban J connectivity index is 1.97. The van der Waals surface area contributed by atoms with E-state index in [1.807, 2.05) is 0 Å². The van der Waals surface area contributed by atoms with Crippen LogP contribution in [0.5, 0.6) is 0 Å². The lowest BCUT2D eigenvalue weighted by Crippen LogP contribution is -2.47. The zero-order valence-electron chi connectivity index (χ0n) is 13.6.